The van der Waals surface area contributed by atoms with Gasteiger partial charge in [-0.15, -0.1) is 0 Å². The van der Waals surface area contributed by atoms with E-state index in [9.17, 15) is 27.7 Å². The Bertz CT molecular complexity index is 1020. The smallest absolute Gasteiger partial charge is 0.289 e. The van der Waals surface area contributed by atoms with E-state index in [0.29, 0.717) is 19.0 Å². The maximum atomic E-state index is 13.1. The fourth-order valence-corrected chi connectivity index (χ4v) is 4.72. The lowest BCUT2D eigenvalue weighted by molar-refractivity contribution is -0.387. The van der Waals surface area contributed by atoms with E-state index in [1.807, 2.05) is 6.92 Å². The molecular formula is C19H19FN2O5S. The highest BCUT2D eigenvalue weighted by Gasteiger charge is 2.30. The first-order valence-corrected chi connectivity index (χ1v) is 10.3. The number of nitro benzene ring substituents is 1. The molecule has 0 radical (unpaired) electrons. The Morgan fingerprint density at radius 3 is 2.50 bits per heavy atom. The number of carbonyl (C=O) groups is 1. The normalized spacial score (nSPS) is 17.4. The number of amides is 1. The first kappa shape index (κ1) is 19.9. The molecular weight excluding hydrogens is 387 g/mol. The Hall–Kier alpha value is -2.81. The Morgan fingerprint density at radius 1 is 1.21 bits per heavy atom. The fourth-order valence-electron chi connectivity index (χ4n) is 3.32. The highest BCUT2D eigenvalue weighted by Crippen LogP contribution is 2.31. The number of benzene rings is 2. The number of piperidine rings is 1. The van der Waals surface area contributed by atoms with Gasteiger partial charge < -0.3 is 4.90 Å². The number of nitro groups is 1. The first-order chi connectivity index (χ1) is 13.2. The molecule has 148 valence electrons. The van der Waals surface area contributed by atoms with Gasteiger partial charge in [0.15, 0.2) is 0 Å². The summed E-state index contributed by atoms with van der Waals surface area (Å²) >= 11 is 0. The number of likely N-dealkylation sites (tertiary alicyclic amines) is 1. The molecule has 1 aliphatic rings. The van der Waals surface area contributed by atoms with Crippen LogP contribution in [0.2, 0.25) is 0 Å². The van der Waals surface area contributed by atoms with E-state index < -0.39 is 31.2 Å². The van der Waals surface area contributed by atoms with Crippen molar-refractivity contribution in [3.63, 3.8) is 0 Å². The second kappa shape index (κ2) is 7.67. The maximum absolute atomic E-state index is 13.1. The fraction of sp³-hybridized carbons (Fsp3) is 0.316. The number of carbonyl (C=O) groups excluding carboxylic acids is 1. The van der Waals surface area contributed by atoms with E-state index >= 15 is 0 Å². The van der Waals surface area contributed by atoms with Gasteiger partial charge in [-0.05, 0) is 55.2 Å². The van der Waals surface area contributed by atoms with Gasteiger partial charge >= 0.3 is 0 Å². The van der Waals surface area contributed by atoms with Crippen molar-refractivity contribution in [2.24, 2.45) is 5.92 Å². The van der Waals surface area contributed by atoms with Gasteiger partial charge in [-0.1, -0.05) is 6.92 Å². The Morgan fingerprint density at radius 2 is 1.89 bits per heavy atom. The number of nitrogens with zero attached hydrogens (tertiary/aromatic N) is 2. The lowest BCUT2D eigenvalue weighted by Gasteiger charge is -2.31. The summed E-state index contributed by atoms with van der Waals surface area (Å²) in [5, 5.41) is 11.5. The van der Waals surface area contributed by atoms with Crippen molar-refractivity contribution in [3.8, 4) is 0 Å². The highest BCUT2D eigenvalue weighted by atomic mass is 32.2. The number of rotatable bonds is 4. The molecule has 1 saturated heterocycles. The lowest BCUT2D eigenvalue weighted by Crippen LogP contribution is -2.39. The van der Waals surface area contributed by atoms with Crippen LogP contribution in [0, 0.1) is 21.8 Å². The molecule has 9 heteroatoms. The van der Waals surface area contributed by atoms with Crippen LogP contribution in [0.25, 0.3) is 0 Å². The lowest BCUT2D eigenvalue weighted by atomic mass is 9.99. The van der Waals surface area contributed by atoms with Gasteiger partial charge in [0.05, 0.1) is 9.82 Å². The average molecular weight is 406 g/mol. The number of sulfone groups is 1. The molecule has 0 saturated carbocycles. The van der Waals surface area contributed by atoms with Gasteiger partial charge in [0.2, 0.25) is 9.84 Å². The molecule has 2 aromatic carbocycles. The summed E-state index contributed by atoms with van der Waals surface area (Å²) in [5.74, 6) is -0.642. The van der Waals surface area contributed by atoms with Crippen molar-refractivity contribution < 1.29 is 22.5 Å². The minimum absolute atomic E-state index is 0.0684. The summed E-state index contributed by atoms with van der Waals surface area (Å²) in [5.41, 5.74) is -0.612. The summed E-state index contributed by atoms with van der Waals surface area (Å²) in [7, 11) is -4.24. The average Bonchev–Trinajstić information content (AvgIpc) is 2.67. The minimum atomic E-state index is -4.24. The molecule has 0 spiro atoms. The zero-order valence-corrected chi connectivity index (χ0v) is 16.0. The van der Waals surface area contributed by atoms with E-state index in [1.54, 1.807) is 4.90 Å². The molecule has 1 aliphatic heterocycles. The van der Waals surface area contributed by atoms with Crippen molar-refractivity contribution in [1.82, 2.24) is 4.90 Å². The zero-order chi connectivity index (χ0) is 20.5. The Kier molecular flexibility index (Phi) is 5.46. The predicted molar refractivity (Wildman–Crippen MR) is 99.2 cm³/mol. The van der Waals surface area contributed by atoms with Gasteiger partial charge in [-0.3, -0.25) is 14.9 Å². The first-order valence-electron chi connectivity index (χ1n) is 8.78. The molecule has 28 heavy (non-hydrogen) atoms. The highest BCUT2D eigenvalue weighted by molar-refractivity contribution is 7.91. The van der Waals surface area contributed by atoms with E-state index in [1.165, 1.54) is 6.07 Å². The topological polar surface area (TPSA) is 97.6 Å². The molecule has 2 aromatic rings. The molecule has 1 fully saturated rings. The third-order valence-electron chi connectivity index (χ3n) is 4.76. The molecule has 0 N–H and O–H groups in total. The number of halogens is 1. The van der Waals surface area contributed by atoms with Gasteiger partial charge in [0.1, 0.15) is 10.7 Å². The summed E-state index contributed by atoms with van der Waals surface area (Å²) in [4.78, 5) is 24.2. The largest absolute Gasteiger partial charge is 0.338 e. The van der Waals surface area contributed by atoms with Crippen LogP contribution in [0.4, 0.5) is 10.1 Å². The summed E-state index contributed by atoms with van der Waals surface area (Å²) in [6, 6.07) is 7.37. The maximum Gasteiger partial charge on any atom is 0.289 e. The Labute approximate surface area is 161 Å². The van der Waals surface area contributed by atoms with E-state index in [-0.39, 0.29) is 16.4 Å². The summed E-state index contributed by atoms with van der Waals surface area (Å²) in [6.07, 6.45) is 1.87. The van der Waals surface area contributed by atoms with Crippen LogP contribution in [-0.2, 0) is 9.84 Å². The third kappa shape index (κ3) is 3.89. The van der Waals surface area contributed by atoms with Crippen molar-refractivity contribution in [2.45, 2.75) is 29.6 Å². The SMILES string of the molecule is C[C@@H]1CCCN(C(=O)c2ccc(S(=O)(=O)c3ccc(F)cc3)c([N+](=O)[O-])c2)C1. The Balaban J connectivity index is 2.01. The van der Waals surface area contributed by atoms with Crippen molar-refractivity contribution in [1.29, 1.82) is 0 Å². The summed E-state index contributed by atoms with van der Waals surface area (Å²) in [6.45, 7) is 3.15. The third-order valence-corrected chi connectivity index (χ3v) is 6.58. The minimum Gasteiger partial charge on any atom is -0.338 e. The molecule has 0 aliphatic carbocycles. The van der Waals surface area contributed by atoms with Crippen LogP contribution >= 0.6 is 0 Å². The van der Waals surface area contributed by atoms with Crippen LogP contribution < -0.4 is 0 Å². The zero-order valence-electron chi connectivity index (χ0n) is 15.2. The second-order valence-electron chi connectivity index (χ2n) is 6.90. The van der Waals surface area contributed by atoms with Gasteiger partial charge in [0, 0.05) is 24.7 Å². The van der Waals surface area contributed by atoms with Crippen molar-refractivity contribution >= 4 is 21.4 Å². The predicted octanol–water partition coefficient (Wildman–Crippen LogP) is 3.44. The molecule has 0 bridgehead atoms. The van der Waals surface area contributed by atoms with Crippen molar-refractivity contribution in [2.75, 3.05) is 13.1 Å². The second-order valence-corrected chi connectivity index (χ2v) is 8.81. The van der Waals surface area contributed by atoms with E-state index in [2.05, 4.69) is 0 Å². The molecule has 0 aromatic heterocycles. The number of hydrogen-bond donors (Lipinski definition) is 0. The standard InChI is InChI=1S/C19H19FN2O5S/c1-13-3-2-10-21(12-13)19(23)14-4-9-18(17(11-14)22(24)25)28(26,27)16-7-5-15(20)6-8-16/h4-9,11,13H,2-3,10,12H2,1H3/t13-/m1/s1. The molecule has 0 unspecified atom stereocenters. The molecule has 7 nitrogen and oxygen atoms in total. The van der Waals surface area contributed by atoms with E-state index in [4.69, 9.17) is 0 Å². The van der Waals surface area contributed by atoms with Crippen LogP contribution in [0.5, 0.6) is 0 Å². The molecule has 1 heterocycles. The van der Waals surface area contributed by atoms with Crippen LogP contribution in [-0.4, -0.2) is 37.2 Å². The number of hydrogen-bond acceptors (Lipinski definition) is 5. The molecule has 1 amide bonds. The van der Waals surface area contributed by atoms with Gasteiger partial charge in [-0.25, -0.2) is 12.8 Å². The molecule has 3 rings (SSSR count). The van der Waals surface area contributed by atoms with Crippen LogP contribution in [0.15, 0.2) is 52.3 Å². The van der Waals surface area contributed by atoms with Crippen LogP contribution in [0.3, 0.4) is 0 Å². The molecule has 1 atom stereocenters. The van der Waals surface area contributed by atoms with E-state index in [0.717, 1.165) is 49.2 Å². The summed E-state index contributed by atoms with van der Waals surface area (Å²) < 4.78 is 38.6. The van der Waals surface area contributed by atoms with Gasteiger partial charge in [0.25, 0.3) is 11.6 Å². The van der Waals surface area contributed by atoms with Gasteiger partial charge in [-0.2, -0.15) is 0 Å². The van der Waals surface area contributed by atoms with Crippen LogP contribution in [0.1, 0.15) is 30.1 Å². The quantitative estimate of drug-likeness (QED) is 0.440. The van der Waals surface area contributed by atoms with Crippen molar-refractivity contribution in [3.05, 3.63) is 64.0 Å². The monoisotopic (exact) mass is 406 g/mol.